The molecule has 0 saturated heterocycles. The van der Waals surface area contributed by atoms with Gasteiger partial charge in [0.05, 0.1) is 5.57 Å². The van der Waals surface area contributed by atoms with Gasteiger partial charge >= 0.3 is 0 Å². The molecule has 0 amide bonds. The largest absolute Gasteiger partial charge is 0.232 e. The maximum absolute atomic E-state index is 10.3. The molecule has 1 radical (unpaired) electrons. The second-order valence-corrected chi connectivity index (χ2v) is 3.83. The minimum absolute atomic E-state index is 0. The minimum atomic E-state index is -0.0319. The van der Waals surface area contributed by atoms with Gasteiger partial charge < -0.3 is 0 Å². The van der Waals surface area contributed by atoms with Gasteiger partial charge in [-0.05, 0) is 27.2 Å². The predicted octanol–water partition coefficient (Wildman–Crippen LogP) is 2.59. The van der Waals surface area contributed by atoms with Crippen LogP contribution in [0.3, 0.4) is 0 Å². The van der Waals surface area contributed by atoms with Gasteiger partial charge in [-0.15, -0.1) is 0 Å². The zero-order chi connectivity index (χ0) is 9.61. The SMILES string of the molecule is CCCC(=C=O)C#CC(C)(C)C.[Co]. The van der Waals surface area contributed by atoms with Crippen LogP contribution in [0.1, 0.15) is 40.5 Å². The summed E-state index contributed by atoms with van der Waals surface area (Å²) in [6.45, 7) is 8.09. The summed E-state index contributed by atoms with van der Waals surface area (Å²) in [6.07, 6.45) is 1.69. The first-order valence-electron chi connectivity index (χ1n) is 4.26. The van der Waals surface area contributed by atoms with E-state index in [4.69, 9.17) is 0 Å². The Hall–Kier alpha value is -0.484. The third-order valence-electron chi connectivity index (χ3n) is 1.21. The van der Waals surface area contributed by atoms with Crippen molar-refractivity contribution in [2.24, 2.45) is 5.41 Å². The first kappa shape index (κ1) is 15.0. The molecular formula is C11H16CoO. The third-order valence-corrected chi connectivity index (χ3v) is 1.21. The van der Waals surface area contributed by atoms with Crippen molar-refractivity contribution in [2.45, 2.75) is 40.5 Å². The molecule has 0 spiro atoms. The van der Waals surface area contributed by atoms with Gasteiger partial charge in [-0.2, -0.15) is 0 Å². The molecule has 0 aromatic heterocycles. The fourth-order valence-corrected chi connectivity index (χ4v) is 0.652. The van der Waals surface area contributed by atoms with E-state index in [9.17, 15) is 4.79 Å². The first-order valence-corrected chi connectivity index (χ1v) is 4.26. The Morgan fingerprint density at radius 2 is 1.85 bits per heavy atom. The molecule has 0 aromatic rings. The minimum Gasteiger partial charge on any atom is -0.232 e. The summed E-state index contributed by atoms with van der Waals surface area (Å²) in [4.78, 5) is 10.3. The Labute approximate surface area is 91.2 Å². The normalized spacial score (nSPS) is 8.92. The van der Waals surface area contributed by atoms with E-state index in [2.05, 4.69) is 11.8 Å². The van der Waals surface area contributed by atoms with Crippen molar-refractivity contribution in [1.29, 1.82) is 0 Å². The molecular weight excluding hydrogens is 207 g/mol. The number of carbonyl (C=O) groups excluding carboxylic acids is 1. The second-order valence-electron chi connectivity index (χ2n) is 3.83. The summed E-state index contributed by atoms with van der Waals surface area (Å²) in [6, 6.07) is 0. The molecule has 75 valence electrons. The predicted molar refractivity (Wildman–Crippen MR) is 51.3 cm³/mol. The van der Waals surface area contributed by atoms with E-state index in [0.29, 0.717) is 5.57 Å². The van der Waals surface area contributed by atoms with Gasteiger partial charge in [-0.1, -0.05) is 25.2 Å². The van der Waals surface area contributed by atoms with Crippen LogP contribution >= 0.6 is 0 Å². The summed E-state index contributed by atoms with van der Waals surface area (Å²) >= 11 is 0. The molecule has 0 heterocycles. The summed E-state index contributed by atoms with van der Waals surface area (Å²) < 4.78 is 0. The third kappa shape index (κ3) is 9.43. The number of hydrogen-bond donors (Lipinski definition) is 0. The molecule has 0 fully saturated rings. The van der Waals surface area contributed by atoms with Crippen molar-refractivity contribution >= 4 is 5.94 Å². The van der Waals surface area contributed by atoms with Crippen molar-refractivity contribution in [3.05, 3.63) is 5.57 Å². The maximum atomic E-state index is 10.3. The molecule has 13 heavy (non-hydrogen) atoms. The molecule has 2 heteroatoms. The standard InChI is InChI=1S/C11H16O.Co/c1-5-6-10(9-12)7-8-11(2,3)4;/h5-6H2,1-4H3;. The van der Waals surface area contributed by atoms with Gasteiger partial charge in [0.25, 0.3) is 0 Å². The van der Waals surface area contributed by atoms with Gasteiger partial charge in [0.15, 0.2) is 0 Å². The molecule has 0 atom stereocenters. The molecule has 0 unspecified atom stereocenters. The van der Waals surface area contributed by atoms with Crippen LogP contribution < -0.4 is 0 Å². The molecule has 0 saturated carbocycles. The second kappa shape index (κ2) is 6.97. The zero-order valence-corrected chi connectivity index (χ0v) is 9.70. The number of hydrogen-bond acceptors (Lipinski definition) is 1. The van der Waals surface area contributed by atoms with Gasteiger partial charge in [0.1, 0.15) is 5.94 Å². The van der Waals surface area contributed by atoms with Crippen LogP contribution in [-0.2, 0) is 21.6 Å². The quantitative estimate of drug-likeness (QED) is 0.519. The molecule has 0 bridgehead atoms. The van der Waals surface area contributed by atoms with Gasteiger partial charge in [-0.3, -0.25) is 0 Å². The van der Waals surface area contributed by atoms with Crippen LogP contribution in [0.25, 0.3) is 0 Å². The Morgan fingerprint density at radius 1 is 1.31 bits per heavy atom. The van der Waals surface area contributed by atoms with Crippen LogP contribution in [0, 0.1) is 17.3 Å². The Balaban J connectivity index is 0. The first-order chi connectivity index (χ1) is 5.49. The van der Waals surface area contributed by atoms with E-state index < -0.39 is 0 Å². The van der Waals surface area contributed by atoms with Crippen molar-refractivity contribution in [2.75, 3.05) is 0 Å². The average Bonchev–Trinajstić information content (AvgIpc) is 1.96. The van der Waals surface area contributed by atoms with Crippen LogP contribution in [-0.4, -0.2) is 5.94 Å². The zero-order valence-electron chi connectivity index (χ0n) is 8.66. The van der Waals surface area contributed by atoms with E-state index in [-0.39, 0.29) is 22.2 Å². The Morgan fingerprint density at radius 3 is 2.15 bits per heavy atom. The summed E-state index contributed by atoms with van der Waals surface area (Å²) in [7, 11) is 0. The van der Waals surface area contributed by atoms with E-state index >= 15 is 0 Å². The van der Waals surface area contributed by atoms with E-state index in [0.717, 1.165) is 12.8 Å². The van der Waals surface area contributed by atoms with Crippen LogP contribution in [0.15, 0.2) is 5.57 Å². The van der Waals surface area contributed by atoms with Crippen molar-refractivity contribution in [3.63, 3.8) is 0 Å². The number of rotatable bonds is 2. The van der Waals surface area contributed by atoms with Gasteiger partial charge in [-0.25, -0.2) is 4.79 Å². The number of allylic oxidation sites excluding steroid dienone is 1. The van der Waals surface area contributed by atoms with Crippen LogP contribution in [0.5, 0.6) is 0 Å². The van der Waals surface area contributed by atoms with Crippen molar-refractivity contribution in [3.8, 4) is 11.8 Å². The van der Waals surface area contributed by atoms with E-state index in [1.54, 1.807) is 0 Å². The Bertz CT molecular complexity index is 243. The van der Waals surface area contributed by atoms with Crippen molar-refractivity contribution in [1.82, 2.24) is 0 Å². The maximum Gasteiger partial charge on any atom is 0.137 e. The summed E-state index contributed by atoms with van der Waals surface area (Å²) in [5, 5.41) is 0. The van der Waals surface area contributed by atoms with Crippen molar-refractivity contribution < 1.29 is 21.6 Å². The molecule has 0 aliphatic heterocycles. The topological polar surface area (TPSA) is 17.1 Å². The molecule has 0 N–H and O–H groups in total. The monoisotopic (exact) mass is 223 g/mol. The molecule has 1 nitrogen and oxygen atoms in total. The summed E-state index contributed by atoms with van der Waals surface area (Å²) in [5.41, 5.74) is 0.558. The molecule has 0 aliphatic rings. The van der Waals surface area contributed by atoms with Gasteiger partial charge in [0.2, 0.25) is 0 Å². The molecule has 0 aromatic carbocycles. The fourth-order valence-electron chi connectivity index (χ4n) is 0.652. The smallest absolute Gasteiger partial charge is 0.137 e. The average molecular weight is 223 g/mol. The van der Waals surface area contributed by atoms with Gasteiger partial charge in [0, 0.05) is 22.2 Å². The Kier molecular flexibility index (Phi) is 8.05. The molecule has 0 rings (SSSR count). The fraction of sp³-hybridized carbons (Fsp3) is 0.636. The van der Waals surface area contributed by atoms with E-state index in [1.165, 1.54) is 0 Å². The van der Waals surface area contributed by atoms with E-state index in [1.807, 2.05) is 33.6 Å². The van der Waals surface area contributed by atoms with Crippen LogP contribution in [0.4, 0.5) is 0 Å². The molecule has 0 aliphatic carbocycles. The van der Waals surface area contributed by atoms with Crippen LogP contribution in [0.2, 0.25) is 0 Å². The summed E-state index contributed by atoms with van der Waals surface area (Å²) in [5.74, 6) is 7.73.